The Balaban J connectivity index is 1.64. The van der Waals surface area contributed by atoms with Gasteiger partial charge in [-0.1, -0.05) is 39.3 Å². The highest BCUT2D eigenvalue weighted by Gasteiger charge is 2.34. The zero-order valence-corrected chi connectivity index (χ0v) is 20.2. The van der Waals surface area contributed by atoms with E-state index in [0.29, 0.717) is 30.3 Å². The van der Waals surface area contributed by atoms with Crippen molar-refractivity contribution in [1.82, 2.24) is 20.0 Å². The van der Waals surface area contributed by atoms with E-state index >= 15 is 0 Å². The van der Waals surface area contributed by atoms with Crippen molar-refractivity contribution in [3.8, 4) is 6.07 Å². The Kier molecular flexibility index (Phi) is 8.24. The SMILES string of the molecule is Cc1c(CN2CCN(C(=O)OCC(F)(F)F)[C@@H](I)C2)cc(Cl)cc1Nc1nnc(CC#N)o1. The Morgan fingerprint density at radius 1 is 1.42 bits per heavy atom. The molecular formula is C19H19ClF3IN6O3. The molecule has 1 fully saturated rings. The van der Waals surface area contributed by atoms with E-state index < -0.39 is 18.9 Å². The molecule has 9 nitrogen and oxygen atoms in total. The van der Waals surface area contributed by atoms with Gasteiger partial charge in [0.25, 0.3) is 0 Å². The standard InChI is InChI=1S/C19H19ClF3IN6O3/c1-11-12(6-13(20)7-14(11)26-17-28-27-16(33-17)2-3-25)8-29-4-5-30(15(24)9-29)18(31)32-10-19(21,22)23/h6-7,15H,2,4-5,8-10H2,1H3,(H,26,28)/t15-/m1/s1. The molecule has 1 aromatic carbocycles. The van der Waals surface area contributed by atoms with Gasteiger partial charge >= 0.3 is 18.3 Å². The van der Waals surface area contributed by atoms with Crippen LogP contribution in [-0.4, -0.2) is 62.6 Å². The van der Waals surface area contributed by atoms with E-state index in [-0.39, 0.29) is 28.9 Å². The van der Waals surface area contributed by atoms with Gasteiger partial charge in [-0.25, -0.2) is 4.79 Å². The minimum Gasteiger partial charge on any atom is -0.440 e. The summed E-state index contributed by atoms with van der Waals surface area (Å²) in [6.07, 6.45) is -5.54. The van der Waals surface area contributed by atoms with Crippen LogP contribution in [0, 0.1) is 18.3 Å². The summed E-state index contributed by atoms with van der Waals surface area (Å²) in [6.45, 7) is 1.93. The van der Waals surface area contributed by atoms with Crippen LogP contribution in [0.2, 0.25) is 5.02 Å². The quantitative estimate of drug-likeness (QED) is 0.296. The number of nitrogens with zero attached hydrogens (tertiary/aromatic N) is 5. The molecule has 0 unspecified atom stereocenters. The van der Waals surface area contributed by atoms with Crippen LogP contribution in [0.15, 0.2) is 16.5 Å². The molecule has 3 rings (SSSR count). The highest BCUT2D eigenvalue weighted by Crippen LogP contribution is 2.29. The first-order chi connectivity index (χ1) is 15.6. The molecule has 1 saturated heterocycles. The molecular weight excluding hydrogens is 580 g/mol. The molecule has 0 aliphatic carbocycles. The molecule has 1 N–H and O–H groups in total. The van der Waals surface area contributed by atoms with E-state index in [9.17, 15) is 18.0 Å². The number of amides is 1. The second-order valence-corrected chi connectivity index (χ2v) is 9.11. The molecule has 1 aromatic heterocycles. The van der Waals surface area contributed by atoms with Crippen LogP contribution in [0.25, 0.3) is 0 Å². The third-order valence-corrected chi connectivity index (χ3v) is 6.10. The lowest BCUT2D eigenvalue weighted by Crippen LogP contribution is -2.52. The number of hydrogen-bond donors (Lipinski definition) is 1. The number of rotatable bonds is 6. The molecule has 178 valence electrons. The van der Waals surface area contributed by atoms with E-state index in [1.54, 1.807) is 6.07 Å². The second kappa shape index (κ2) is 10.7. The molecule has 1 amide bonds. The van der Waals surface area contributed by atoms with E-state index in [1.165, 1.54) is 4.90 Å². The Bertz CT molecular complexity index is 1040. The number of nitriles is 1. The first kappa shape index (κ1) is 25.3. The molecule has 0 radical (unpaired) electrons. The number of nitrogens with one attached hydrogen (secondary N) is 1. The lowest BCUT2D eigenvalue weighted by molar-refractivity contribution is -0.162. The first-order valence-corrected chi connectivity index (χ1v) is 11.3. The van der Waals surface area contributed by atoms with Crippen LogP contribution in [0.5, 0.6) is 0 Å². The Morgan fingerprint density at radius 2 is 2.18 bits per heavy atom. The summed E-state index contributed by atoms with van der Waals surface area (Å²) in [5.74, 6) is 0.194. The Hall–Kier alpha value is -2.31. The largest absolute Gasteiger partial charge is 0.440 e. The van der Waals surface area contributed by atoms with Crippen LogP contribution in [-0.2, 0) is 17.7 Å². The van der Waals surface area contributed by atoms with E-state index in [0.717, 1.165) is 11.1 Å². The Labute approximate surface area is 205 Å². The molecule has 0 spiro atoms. The fourth-order valence-corrected chi connectivity index (χ4v) is 4.50. The van der Waals surface area contributed by atoms with Gasteiger partial charge in [-0.05, 0) is 30.2 Å². The van der Waals surface area contributed by atoms with Crippen molar-refractivity contribution in [2.24, 2.45) is 0 Å². The van der Waals surface area contributed by atoms with Gasteiger partial charge in [0.05, 0.1) is 10.1 Å². The molecule has 1 aliphatic heterocycles. The van der Waals surface area contributed by atoms with Gasteiger partial charge in [-0.15, -0.1) is 5.10 Å². The van der Waals surface area contributed by atoms with Gasteiger partial charge in [0, 0.05) is 36.9 Å². The zero-order chi connectivity index (χ0) is 24.2. The topological polar surface area (TPSA) is 108 Å². The van der Waals surface area contributed by atoms with Gasteiger partial charge in [0.1, 0.15) is 6.42 Å². The van der Waals surface area contributed by atoms with Crippen molar-refractivity contribution in [2.75, 3.05) is 31.6 Å². The van der Waals surface area contributed by atoms with Gasteiger partial charge in [-0.3, -0.25) is 9.80 Å². The maximum absolute atomic E-state index is 12.3. The molecule has 2 aromatic rings. The minimum atomic E-state index is -4.56. The zero-order valence-electron chi connectivity index (χ0n) is 17.3. The van der Waals surface area contributed by atoms with Crippen molar-refractivity contribution < 1.29 is 27.1 Å². The number of piperazine rings is 1. The summed E-state index contributed by atoms with van der Waals surface area (Å²) in [4.78, 5) is 15.4. The fourth-order valence-electron chi connectivity index (χ4n) is 3.20. The maximum atomic E-state index is 12.3. The van der Waals surface area contributed by atoms with Gasteiger partial charge in [0.2, 0.25) is 5.89 Å². The van der Waals surface area contributed by atoms with Crippen LogP contribution in [0.3, 0.4) is 0 Å². The first-order valence-electron chi connectivity index (χ1n) is 9.67. The number of carbonyl (C=O) groups excluding carboxylic acids is 1. The molecule has 2 heterocycles. The lowest BCUT2D eigenvalue weighted by atomic mass is 10.1. The summed E-state index contributed by atoms with van der Waals surface area (Å²) < 4.78 is 46.3. The molecule has 1 atom stereocenters. The fraction of sp³-hybridized carbons (Fsp3) is 0.474. The van der Waals surface area contributed by atoms with Gasteiger partial charge in [-0.2, -0.15) is 18.4 Å². The van der Waals surface area contributed by atoms with Crippen molar-refractivity contribution in [1.29, 1.82) is 5.26 Å². The lowest BCUT2D eigenvalue weighted by Gasteiger charge is -2.38. The third-order valence-electron chi connectivity index (χ3n) is 4.81. The Morgan fingerprint density at radius 3 is 2.85 bits per heavy atom. The minimum absolute atomic E-state index is 0.00164. The number of ether oxygens (including phenoxy) is 1. The number of anilines is 2. The van der Waals surface area contributed by atoms with E-state index in [2.05, 4.69) is 25.2 Å². The average molecular weight is 599 g/mol. The van der Waals surface area contributed by atoms with Crippen molar-refractivity contribution in [3.63, 3.8) is 0 Å². The van der Waals surface area contributed by atoms with E-state index in [4.69, 9.17) is 21.3 Å². The highest BCUT2D eigenvalue weighted by atomic mass is 127. The highest BCUT2D eigenvalue weighted by molar-refractivity contribution is 14.1. The van der Waals surface area contributed by atoms with Crippen molar-refractivity contribution >= 4 is 52.0 Å². The predicted molar refractivity (Wildman–Crippen MR) is 120 cm³/mol. The van der Waals surface area contributed by atoms with Gasteiger partial charge in [0.15, 0.2) is 6.61 Å². The number of benzene rings is 1. The normalized spacial score (nSPS) is 17.0. The summed E-state index contributed by atoms with van der Waals surface area (Å²) in [5, 5.41) is 19.8. The smallest absolute Gasteiger partial charge is 0.422 e. The predicted octanol–water partition coefficient (Wildman–Crippen LogP) is 4.42. The number of carbonyl (C=O) groups is 1. The number of halogens is 5. The maximum Gasteiger partial charge on any atom is 0.422 e. The molecule has 14 heteroatoms. The number of hydrogen-bond acceptors (Lipinski definition) is 8. The molecule has 0 saturated carbocycles. The molecule has 0 bridgehead atoms. The molecule has 1 aliphatic rings. The monoisotopic (exact) mass is 598 g/mol. The third kappa shape index (κ3) is 7.08. The average Bonchev–Trinajstić information content (AvgIpc) is 3.16. The van der Waals surface area contributed by atoms with Crippen LogP contribution in [0.1, 0.15) is 17.0 Å². The van der Waals surface area contributed by atoms with Crippen LogP contribution in [0.4, 0.5) is 29.7 Å². The summed E-state index contributed by atoms with van der Waals surface area (Å²) >= 11 is 8.31. The summed E-state index contributed by atoms with van der Waals surface area (Å²) in [6, 6.07) is 5.60. The van der Waals surface area contributed by atoms with Crippen molar-refractivity contribution in [3.05, 3.63) is 34.2 Å². The van der Waals surface area contributed by atoms with Gasteiger partial charge < -0.3 is 14.5 Å². The second-order valence-electron chi connectivity index (χ2n) is 7.23. The van der Waals surface area contributed by atoms with Crippen LogP contribution < -0.4 is 5.32 Å². The number of aromatic nitrogens is 2. The number of alkyl halides is 4. The summed E-state index contributed by atoms with van der Waals surface area (Å²) in [5.41, 5.74) is 2.46. The molecule has 33 heavy (non-hydrogen) atoms. The van der Waals surface area contributed by atoms with Crippen LogP contribution >= 0.6 is 34.2 Å². The van der Waals surface area contributed by atoms with E-state index in [1.807, 2.05) is 41.7 Å². The summed E-state index contributed by atoms with van der Waals surface area (Å²) in [7, 11) is 0. The van der Waals surface area contributed by atoms with Crippen molar-refractivity contribution in [2.45, 2.75) is 30.1 Å².